The maximum Gasteiger partial charge on any atom is 0.253 e. The maximum absolute atomic E-state index is 13.1. The van der Waals surface area contributed by atoms with E-state index in [0.717, 1.165) is 42.4 Å². The quantitative estimate of drug-likeness (QED) is 0.478. The summed E-state index contributed by atoms with van der Waals surface area (Å²) in [4.78, 5) is 29.0. The zero-order chi connectivity index (χ0) is 27.5. The first kappa shape index (κ1) is 28.4. The summed E-state index contributed by atoms with van der Waals surface area (Å²) < 4.78 is 52.6. The van der Waals surface area contributed by atoms with Crippen molar-refractivity contribution in [2.45, 2.75) is 77.2 Å². The molecule has 11 heteroatoms. The number of carbonyl (C=O) groups excluding carboxylic acids is 2. The van der Waals surface area contributed by atoms with E-state index in [2.05, 4.69) is 10.6 Å². The van der Waals surface area contributed by atoms with Gasteiger partial charge in [0.25, 0.3) is 5.91 Å². The van der Waals surface area contributed by atoms with Crippen molar-refractivity contribution in [2.75, 3.05) is 24.2 Å². The molecule has 208 valence electrons. The van der Waals surface area contributed by atoms with Gasteiger partial charge in [-0.15, -0.1) is 0 Å². The Hall–Kier alpha value is -2.66. The van der Waals surface area contributed by atoms with E-state index in [1.54, 1.807) is 12.1 Å². The van der Waals surface area contributed by atoms with E-state index < -0.39 is 22.0 Å². The van der Waals surface area contributed by atoms with Crippen LogP contribution in [0.2, 0.25) is 0 Å². The number of hydrogen-bond donors (Lipinski definition) is 2. The van der Waals surface area contributed by atoms with E-state index in [9.17, 15) is 26.8 Å². The van der Waals surface area contributed by atoms with Crippen LogP contribution in [-0.4, -0.2) is 61.2 Å². The zero-order valence-corrected chi connectivity index (χ0v) is 22.8. The van der Waals surface area contributed by atoms with Gasteiger partial charge in [-0.3, -0.25) is 14.6 Å². The van der Waals surface area contributed by atoms with Crippen LogP contribution in [0.3, 0.4) is 0 Å². The molecule has 1 saturated carbocycles. The summed E-state index contributed by atoms with van der Waals surface area (Å²) in [5.41, 5.74) is 2.60. The number of piperidine rings is 1. The lowest BCUT2D eigenvalue weighted by Crippen LogP contribution is -2.51. The normalized spacial score (nSPS) is 21.9. The highest BCUT2D eigenvalue weighted by molar-refractivity contribution is 7.89. The summed E-state index contributed by atoms with van der Waals surface area (Å²) in [6.07, 6.45) is 3.07. The maximum atomic E-state index is 13.1. The highest BCUT2D eigenvalue weighted by Crippen LogP contribution is 2.36. The molecule has 0 aromatic heterocycles. The summed E-state index contributed by atoms with van der Waals surface area (Å²) in [6, 6.07) is 5.43. The predicted octanol–water partition coefficient (Wildman–Crippen LogP) is 3.96. The molecule has 1 saturated heterocycles. The van der Waals surface area contributed by atoms with Crippen molar-refractivity contribution in [3.8, 4) is 0 Å². The molecule has 2 amide bonds. The van der Waals surface area contributed by atoms with Crippen LogP contribution in [0.4, 0.5) is 14.5 Å². The molecule has 1 aromatic rings. The number of benzene rings is 1. The molecule has 8 nitrogen and oxygen atoms in total. The van der Waals surface area contributed by atoms with Gasteiger partial charge in [0.1, 0.15) is 11.4 Å². The standard InChI is InChI=1S/C27H36F2N4O4S/c1-18-17-23(30-19(2)34)9-8-21(18)11-16-38(36,37)33-14-12-27(13-15-33)26(35)31-25(32-27)22-6-3-20(4-7-22)5-10-24(28)29/h5,8-9,17,22,24H,3-4,6-7,10-16H2,1-2H3,(H,30,34)(H,31,32,35). The third-order valence-electron chi connectivity index (χ3n) is 7.83. The number of aliphatic imine (C=N–C) groups is 1. The fraction of sp³-hybridized carbons (Fsp3) is 0.593. The summed E-state index contributed by atoms with van der Waals surface area (Å²) in [5.74, 6) is 0.382. The Morgan fingerprint density at radius 1 is 1.26 bits per heavy atom. The van der Waals surface area contributed by atoms with Crippen LogP contribution >= 0.6 is 0 Å². The van der Waals surface area contributed by atoms with Crippen molar-refractivity contribution in [3.05, 3.63) is 41.0 Å². The number of nitrogens with one attached hydrogen (secondary N) is 2. The van der Waals surface area contributed by atoms with Gasteiger partial charge in [-0.1, -0.05) is 17.7 Å². The van der Waals surface area contributed by atoms with Crippen LogP contribution in [0.1, 0.15) is 63.0 Å². The van der Waals surface area contributed by atoms with Crippen LogP contribution in [0.25, 0.3) is 0 Å². The monoisotopic (exact) mass is 550 g/mol. The van der Waals surface area contributed by atoms with E-state index in [4.69, 9.17) is 4.99 Å². The molecule has 0 radical (unpaired) electrons. The van der Waals surface area contributed by atoms with Gasteiger partial charge in [-0.05, 0) is 75.1 Å². The lowest BCUT2D eigenvalue weighted by Gasteiger charge is -2.34. The fourth-order valence-corrected chi connectivity index (χ4v) is 7.03. The molecule has 3 aliphatic rings. The van der Waals surface area contributed by atoms with Gasteiger partial charge in [0.05, 0.1) is 5.75 Å². The number of amidine groups is 1. The van der Waals surface area contributed by atoms with Crippen molar-refractivity contribution in [2.24, 2.45) is 10.9 Å². The number of hydrogen-bond acceptors (Lipinski definition) is 5. The molecular weight excluding hydrogens is 514 g/mol. The van der Waals surface area contributed by atoms with E-state index >= 15 is 0 Å². The number of halogens is 2. The molecular formula is C27H36F2N4O4S. The molecule has 1 spiro atoms. The Morgan fingerprint density at radius 2 is 1.95 bits per heavy atom. The van der Waals surface area contributed by atoms with Crippen molar-refractivity contribution >= 4 is 33.4 Å². The van der Waals surface area contributed by atoms with Gasteiger partial charge >= 0.3 is 0 Å². The van der Waals surface area contributed by atoms with Gasteiger partial charge in [0.15, 0.2) is 0 Å². The van der Waals surface area contributed by atoms with Gasteiger partial charge in [0.2, 0.25) is 22.4 Å². The zero-order valence-electron chi connectivity index (χ0n) is 21.9. The highest BCUT2D eigenvalue weighted by Gasteiger charge is 2.48. The lowest BCUT2D eigenvalue weighted by molar-refractivity contribution is -0.125. The first-order valence-corrected chi connectivity index (χ1v) is 14.8. The molecule has 2 N–H and O–H groups in total. The van der Waals surface area contributed by atoms with Crippen LogP contribution < -0.4 is 10.6 Å². The molecule has 4 rings (SSSR count). The molecule has 0 unspecified atom stereocenters. The summed E-state index contributed by atoms with van der Waals surface area (Å²) in [7, 11) is -3.52. The topological polar surface area (TPSA) is 108 Å². The van der Waals surface area contributed by atoms with Crippen LogP contribution in [0.15, 0.2) is 34.8 Å². The minimum Gasteiger partial charge on any atom is -0.326 e. The van der Waals surface area contributed by atoms with E-state index in [0.29, 0.717) is 30.8 Å². The second-order valence-electron chi connectivity index (χ2n) is 10.5. The van der Waals surface area contributed by atoms with Gasteiger partial charge in [-0.25, -0.2) is 21.5 Å². The summed E-state index contributed by atoms with van der Waals surface area (Å²) in [6.45, 7) is 3.79. The van der Waals surface area contributed by atoms with Crippen LogP contribution in [-0.2, 0) is 26.0 Å². The number of sulfonamides is 1. The van der Waals surface area contributed by atoms with E-state index in [-0.39, 0.29) is 43.0 Å². The summed E-state index contributed by atoms with van der Waals surface area (Å²) >= 11 is 0. The van der Waals surface area contributed by atoms with Gasteiger partial charge in [-0.2, -0.15) is 0 Å². The number of alkyl halides is 2. The summed E-state index contributed by atoms with van der Waals surface area (Å²) in [5, 5.41) is 5.67. The number of anilines is 1. The highest BCUT2D eigenvalue weighted by atomic mass is 32.2. The van der Waals surface area contributed by atoms with Crippen molar-refractivity contribution in [3.63, 3.8) is 0 Å². The molecule has 0 atom stereocenters. The molecule has 2 fully saturated rings. The number of aryl methyl sites for hydroxylation is 2. The molecule has 0 bridgehead atoms. The Kier molecular flexibility index (Phi) is 8.66. The first-order chi connectivity index (χ1) is 18.0. The Labute approximate surface area is 223 Å². The largest absolute Gasteiger partial charge is 0.326 e. The molecule has 1 aliphatic carbocycles. The van der Waals surface area contributed by atoms with Crippen molar-refractivity contribution in [1.29, 1.82) is 0 Å². The second-order valence-corrected chi connectivity index (χ2v) is 12.6. The van der Waals surface area contributed by atoms with Crippen molar-refractivity contribution < 1.29 is 26.8 Å². The van der Waals surface area contributed by atoms with Gasteiger partial charge in [0, 0.05) is 38.0 Å². The fourth-order valence-electron chi connectivity index (χ4n) is 5.56. The molecule has 1 aromatic carbocycles. The minimum absolute atomic E-state index is 0.0372. The lowest BCUT2D eigenvalue weighted by atomic mass is 9.84. The Bertz CT molecular complexity index is 1230. The minimum atomic E-state index is -3.52. The Morgan fingerprint density at radius 3 is 2.55 bits per heavy atom. The van der Waals surface area contributed by atoms with E-state index in [1.165, 1.54) is 11.2 Å². The Balaban J connectivity index is 1.32. The average Bonchev–Trinajstić information content (AvgIpc) is 3.17. The predicted molar refractivity (Wildman–Crippen MR) is 143 cm³/mol. The molecule has 2 aliphatic heterocycles. The number of amides is 2. The number of carbonyl (C=O) groups is 2. The number of allylic oxidation sites excluding steroid dienone is 2. The average molecular weight is 551 g/mol. The third-order valence-corrected chi connectivity index (χ3v) is 9.71. The number of rotatable bonds is 8. The smallest absolute Gasteiger partial charge is 0.253 e. The SMILES string of the molecule is CC(=O)Nc1ccc(CCS(=O)(=O)N2CCC3(CC2)N=C(C2CCC(=CCC(F)F)CC2)NC3=O)c(C)c1. The van der Waals surface area contributed by atoms with Crippen LogP contribution in [0, 0.1) is 12.8 Å². The first-order valence-electron chi connectivity index (χ1n) is 13.2. The van der Waals surface area contributed by atoms with Gasteiger partial charge < -0.3 is 10.6 Å². The molecule has 38 heavy (non-hydrogen) atoms. The second kappa shape index (κ2) is 11.6. The van der Waals surface area contributed by atoms with Crippen molar-refractivity contribution in [1.82, 2.24) is 9.62 Å². The van der Waals surface area contributed by atoms with Crippen LogP contribution in [0.5, 0.6) is 0 Å². The number of nitrogens with zero attached hydrogens (tertiary/aromatic N) is 2. The molecule has 2 heterocycles. The van der Waals surface area contributed by atoms with E-state index in [1.807, 2.05) is 19.1 Å². The third kappa shape index (κ3) is 6.66.